The maximum absolute atomic E-state index is 12.6. The maximum atomic E-state index is 12.6. The number of carbonyl (C=O) groups is 1. The van der Waals surface area contributed by atoms with Crippen molar-refractivity contribution in [2.24, 2.45) is 0 Å². The van der Waals surface area contributed by atoms with Crippen LogP contribution in [0.25, 0.3) is 0 Å². The highest BCUT2D eigenvalue weighted by atomic mass is 28.4. The first-order valence-corrected chi connectivity index (χ1v) is 13.9. The first-order chi connectivity index (χ1) is 15.1. The van der Waals surface area contributed by atoms with E-state index in [0.29, 0.717) is 11.5 Å². The molecule has 1 amide bonds. The van der Waals surface area contributed by atoms with E-state index >= 15 is 0 Å². The first kappa shape index (κ1) is 28.8. The molecule has 0 aliphatic heterocycles. The number of terminal acetylenes is 1. The van der Waals surface area contributed by atoms with E-state index in [1.165, 1.54) is 0 Å². The number of rotatable bonds is 10. The lowest BCUT2D eigenvalue weighted by atomic mass is 10.0. The normalized spacial score (nSPS) is 14.1. The van der Waals surface area contributed by atoms with Gasteiger partial charge in [0.2, 0.25) is 0 Å². The minimum absolute atomic E-state index is 0.0141. The summed E-state index contributed by atoms with van der Waals surface area (Å²) in [5.74, 6) is 3.94. The van der Waals surface area contributed by atoms with Crippen molar-refractivity contribution in [3.05, 3.63) is 23.8 Å². The minimum Gasteiger partial charge on any atom is -0.493 e. The zero-order valence-electron chi connectivity index (χ0n) is 21.9. The molecule has 0 unspecified atom stereocenters. The molecule has 186 valence electrons. The highest BCUT2D eigenvalue weighted by Gasteiger charge is 2.41. The molecule has 1 aromatic rings. The van der Waals surface area contributed by atoms with Crippen LogP contribution in [0.5, 0.6) is 11.5 Å². The van der Waals surface area contributed by atoms with Crippen LogP contribution in [0, 0.1) is 12.3 Å². The summed E-state index contributed by atoms with van der Waals surface area (Å²) in [6.45, 7) is 16.5. The Morgan fingerprint density at radius 1 is 1.03 bits per heavy atom. The number of amides is 1. The second kappa shape index (κ2) is 11.3. The Labute approximate surface area is 200 Å². The topological polar surface area (TPSA) is 75.3 Å². The molecule has 1 N–H and O–H groups in total. The van der Waals surface area contributed by atoms with Gasteiger partial charge in [-0.2, -0.15) is 0 Å². The highest BCUT2D eigenvalue weighted by molar-refractivity contribution is 6.74. The fourth-order valence-corrected chi connectivity index (χ4v) is 3.61. The van der Waals surface area contributed by atoms with E-state index in [0.717, 1.165) is 5.56 Å². The van der Waals surface area contributed by atoms with Crippen molar-refractivity contribution >= 4 is 14.4 Å². The Bertz CT molecular complexity index is 835. The molecule has 8 heteroatoms. The van der Waals surface area contributed by atoms with Crippen LogP contribution in [0.3, 0.4) is 0 Å². The van der Waals surface area contributed by atoms with E-state index in [1.54, 1.807) is 35.0 Å². The summed E-state index contributed by atoms with van der Waals surface area (Å²) in [5.41, 5.74) is -0.972. The molecule has 0 saturated carbocycles. The zero-order chi connectivity index (χ0) is 25.5. The molecule has 0 fully saturated rings. The van der Waals surface area contributed by atoms with E-state index < -0.39 is 25.6 Å². The molecule has 0 spiro atoms. The predicted molar refractivity (Wildman–Crippen MR) is 133 cm³/mol. The second-order valence-electron chi connectivity index (χ2n) is 10.6. The number of hydrogen-bond acceptors (Lipinski definition) is 6. The van der Waals surface area contributed by atoms with Crippen LogP contribution in [0.1, 0.15) is 47.1 Å². The van der Waals surface area contributed by atoms with Crippen LogP contribution in [-0.2, 0) is 20.5 Å². The third-order valence-electron chi connectivity index (χ3n) is 5.57. The lowest BCUT2D eigenvalue weighted by Crippen LogP contribution is -2.57. The zero-order valence-corrected chi connectivity index (χ0v) is 22.9. The molecule has 0 bridgehead atoms. The molecule has 33 heavy (non-hydrogen) atoms. The molecule has 0 aromatic heterocycles. The number of carbonyl (C=O) groups excluding carboxylic acids is 1. The third kappa shape index (κ3) is 8.92. The Hall–Kier alpha value is -2.21. The summed E-state index contributed by atoms with van der Waals surface area (Å²) in [7, 11) is 1.03. The largest absolute Gasteiger partial charge is 0.493 e. The summed E-state index contributed by atoms with van der Waals surface area (Å²) in [5, 5.41) is 2.80. The fraction of sp³-hybridized carbons (Fsp3) is 0.640. The van der Waals surface area contributed by atoms with Crippen molar-refractivity contribution in [3.8, 4) is 23.8 Å². The number of ether oxygens (including phenoxy) is 4. The van der Waals surface area contributed by atoms with Crippen molar-refractivity contribution in [2.45, 2.75) is 77.4 Å². The molecule has 1 aromatic carbocycles. The second-order valence-corrected chi connectivity index (χ2v) is 15.4. The fourth-order valence-electron chi connectivity index (χ4n) is 2.57. The summed E-state index contributed by atoms with van der Waals surface area (Å²) in [6, 6.07) is 5.53. The number of benzene rings is 1. The van der Waals surface area contributed by atoms with Gasteiger partial charge in [-0.3, -0.25) is 0 Å². The molecule has 1 atom stereocenters. The number of hydrogen-bond donors (Lipinski definition) is 1. The van der Waals surface area contributed by atoms with E-state index in [9.17, 15) is 4.79 Å². The van der Waals surface area contributed by atoms with Crippen LogP contribution in [-0.4, -0.2) is 53.0 Å². The average Bonchev–Trinajstić information content (AvgIpc) is 2.69. The van der Waals surface area contributed by atoms with Gasteiger partial charge in [0.1, 0.15) is 11.1 Å². The number of methoxy groups -OCH3 is 2. The van der Waals surface area contributed by atoms with Gasteiger partial charge < -0.3 is 28.7 Å². The van der Waals surface area contributed by atoms with E-state index in [4.69, 9.17) is 29.8 Å². The highest BCUT2D eigenvalue weighted by Crippen LogP contribution is 2.37. The van der Waals surface area contributed by atoms with Gasteiger partial charge in [-0.15, -0.1) is 6.42 Å². The summed E-state index contributed by atoms with van der Waals surface area (Å²) < 4.78 is 28.4. The van der Waals surface area contributed by atoms with Gasteiger partial charge in [0.05, 0.1) is 34.0 Å². The molecular formula is C25H41NO6Si. The van der Waals surface area contributed by atoms with E-state index in [1.807, 2.05) is 18.2 Å². The van der Waals surface area contributed by atoms with Crippen molar-refractivity contribution in [2.75, 3.05) is 27.4 Å². The Kier molecular flexibility index (Phi) is 9.85. The number of nitrogens with one attached hydrogen (secondary N) is 1. The van der Waals surface area contributed by atoms with Gasteiger partial charge in [0, 0.05) is 0 Å². The summed E-state index contributed by atoms with van der Waals surface area (Å²) in [6.07, 6.45) is 5.30. The van der Waals surface area contributed by atoms with Gasteiger partial charge in [0.25, 0.3) is 0 Å². The quantitative estimate of drug-likeness (QED) is 0.370. The summed E-state index contributed by atoms with van der Waals surface area (Å²) in [4.78, 5) is 12.6. The first-order valence-electron chi connectivity index (χ1n) is 11.0. The van der Waals surface area contributed by atoms with Crippen LogP contribution in [0.15, 0.2) is 18.2 Å². The number of alkyl carbamates (subject to hydrolysis) is 1. The van der Waals surface area contributed by atoms with Gasteiger partial charge in [0.15, 0.2) is 19.8 Å². The van der Waals surface area contributed by atoms with Crippen LogP contribution in [0.2, 0.25) is 18.1 Å². The van der Waals surface area contributed by atoms with Crippen molar-refractivity contribution < 1.29 is 28.2 Å². The van der Waals surface area contributed by atoms with E-state index in [2.05, 4.69) is 45.1 Å². The van der Waals surface area contributed by atoms with Gasteiger partial charge >= 0.3 is 6.09 Å². The smallest absolute Gasteiger partial charge is 0.409 e. The molecule has 0 aliphatic rings. The van der Waals surface area contributed by atoms with E-state index in [-0.39, 0.29) is 24.9 Å². The molecule has 1 rings (SSSR count). The van der Waals surface area contributed by atoms with Crippen LogP contribution in [0.4, 0.5) is 4.79 Å². The predicted octanol–water partition coefficient (Wildman–Crippen LogP) is 5.14. The van der Waals surface area contributed by atoms with Crippen LogP contribution < -0.4 is 14.8 Å². The molecule has 0 aliphatic carbocycles. The Morgan fingerprint density at radius 3 is 2.12 bits per heavy atom. The average molecular weight is 480 g/mol. The lowest BCUT2D eigenvalue weighted by Gasteiger charge is -2.39. The SMILES string of the molecule is C#C[C@@](COCc1ccc(OC)c(OC)c1)(CO[Si](C)(C)C(C)(C)C)NC(=O)OC(C)(C)C. The van der Waals surface area contributed by atoms with Gasteiger partial charge in [-0.05, 0) is 56.6 Å². The van der Waals surface area contributed by atoms with Crippen molar-refractivity contribution in [3.63, 3.8) is 0 Å². The summed E-state index contributed by atoms with van der Waals surface area (Å²) >= 11 is 0. The molecular weight excluding hydrogens is 438 g/mol. The Balaban J connectivity index is 3.03. The minimum atomic E-state index is -2.13. The standard InChI is InChI=1S/C25H41NO6Si/c1-12-25(26-22(27)32-23(2,3)4,18-31-33(10,11)24(5,6)7)17-30-16-19-13-14-20(28-8)21(15-19)29-9/h1,13-15H,16-18H2,2-11H3,(H,26,27)/t25-/m1/s1. The van der Waals surface area contributed by atoms with Crippen LogP contribution >= 0.6 is 0 Å². The third-order valence-corrected chi connectivity index (χ3v) is 10.0. The van der Waals surface area contributed by atoms with Gasteiger partial charge in [-0.25, -0.2) is 4.79 Å². The molecule has 0 saturated heterocycles. The maximum Gasteiger partial charge on any atom is 0.409 e. The monoisotopic (exact) mass is 479 g/mol. The van der Waals surface area contributed by atoms with Crippen molar-refractivity contribution in [1.29, 1.82) is 0 Å². The Morgan fingerprint density at radius 2 is 1.64 bits per heavy atom. The molecule has 0 radical (unpaired) electrons. The van der Waals surface area contributed by atoms with Crippen molar-refractivity contribution in [1.82, 2.24) is 5.32 Å². The molecule has 0 heterocycles. The van der Waals surface area contributed by atoms with Gasteiger partial charge in [-0.1, -0.05) is 32.8 Å². The lowest BCUT2D eigenvalue weighted by molar-refractivity contribution is 0.0253. The molecule has 7 nitrogen and oxygen atoms in total.